The van der Waals surface area contributed by atoms with Gasteiger partial charge in [-0.15, -0.1) is 0 Å². The lowest BCUT2D eigenvalue weighted by Crippen LogP contribution is -2.01. The van der Waals surface area contributed by atoms with Crippen LogP contribution >= 0.6 is 6.49 Å². The molecule has 12 heavy (non-hydrogen) atoms. The van der Waals surface area contributed by atoms with E-state index in [0.29, 0.717) is 18.7 Å². The molecule has 0 aliphatic heterocycles. The summed E-state index contributed by atoms with van der Waals surface area (Å²) < 4.78 is 5.26. The smallest absolute Gasteiger partial charge is 0.186 e. The third kappa shape index (κ3) is 7.23. The largest absolute Gasteiger partial charge is 0.345 e. The molecule has 0 fully saturated rings. The minimum Gasteiger partial charge on any atom is -0.345 e. The molecule has 0 bridgehead atoms. The van der Waals surface area contributed by atoms with Gasteiger partial charge < -0.3 is 9.42 Å². The monoisotopic (exact) mass is 210 g/mol. The van der Waals surface area contributed by atoms with Crippen molar-refractivity contribution in [1.29, 1.82) is 0 Å². The quantitative estimate of drug-likeness (QED) is 0.540. The Morgan fingerprint density at radius 1 is 1.50 bits per heavy atom. The van der Waals surface area contributed by atoms with Crippen LogP contribution in [-0.4, -0.2) is 17.7 Å². The number of hydrogen-bond donors (Lipinski definition) is 1. The summed E-state index contributed by atoms with van der Waals surface area (Å²) >= 11 is 4.98. The summed E-state index contributed by atoms with van der Waals surface area (Å²) in [6, 6.07) is 0. The van der Waals surface area contributed by atoms with Crippen LogP contribution in [-0.2, 0) is 16.3 Å². The van der Waals surface area contributed by atoms with Crippen LogP contribution in [0.5, 0.6) is 0 Å². The van der Waals surface area contributed by atoms with E-state index in [0.717, 1.165) is 12.8 Å². The Balaban J connectivity index is 3.64. The van der Waals surface area contributed by atoms with Crippen molar-refractivity contribution < 1.29 is 9.42 Å². The van der Waals surface area contributed by atoms with Crippen molar-refractivity contribution in [3.05, 3.63) is 0 Å². The normalized spacial score (nSPS) is 16.4. The number of rotatable bonds is 6. The highest BCUT2D eigenvalue weighted by atomic mass is 32.5. The highest BCUT2D eigenvalue weighted by Gasteiger charge is 2.14. The molecule has 0 aliphatic carbocycles. The van der Waals surface area contributed by atoms with Crippen molar-refractivity contribution in [2.24, 2.45) is 5.92 Å². The van der Waals surface area contributed by atoms with Crippen molar-refractivity contribution in [3.8, 4) is 0 Å². The molecule has 0 saturated heterocycles. The average molecular weight is 210 g/mol. The van der Waals surface area contributed by atoms with E-state index in [9.17, 15) is 4.89 Å². The number of unbranched alkanes of at least 4 members (excludes halogenated alkanes) is 1. The van der Waals surface area contributed by atoms with Crippen LogP contribution in [0.15, 0.2) is 0 Å². The molecule has 0 radical (unpaired) electrons. The molecule has 74 valence electrons. The lowest BCUT2D eigenvalue weighted by Gasteiger charge is -2.17. The first-order valence-corrected chi connectivity index (χ1v) is 7.30. The van der Waals surface area contributed by atoms with Gasteiger partial charge in [0, 0.05) is 6.16 Å². The van der Waals surface area contributed by atoms with E-state index in [1.807, 2.05) is 13.8 Å². The summed E-state index contributed by atoms with van der Waals surface area (Å²) in [7, 11) is 0. The Kier molecular flexibility index (Phi) is 6.38. The van der Waals surface area contributed by atoms with E-state index >= 15 is 0 Å². The highest BCUT2D eigenvalue weighted by molar-refractivity contribution is 8.09. The van der Waals surface area contributed by atoms with Crippen molar-refractivity contribution in [1.82, 2.24) is 0 Å². The summed E-state index contributed by atoms with van der Waals surface area (Å²) in [5, 5.41) is 0. The maximum atomic E-state index is 9.62. The Morgan fingerprint density at radius 3 is 2.50 bits per heavy atom. The molecule has 0 spiro atoms. The van der Waals surface area contributed by atoms with Gasteiger partial charge in [0.2, 0.25) is 0 Å². The van der Waals surface area contributed by atoms with Crippen molar-refractivity contribution >= 4 is 18.3 Å². The zero-order valence-electron chi connectivity index (χ0n) is 8.12. The standard InChI is InChI=1S/C8H19O2PS/c1-4-5-6-10-11(9,12)7-8(2)3/h8H,4-7H2,1-3H3,(H,9,12). The van der Waals surface area contributed by atoms with Gasteiger partial charge in [0.05, 0.1) is 6.61 Å². The highest BCUT2D eigenvalue weighted by Crippen LogP contribution is 2.44. The van der Waals surface area contributed by atoms with Gasteiger partial charge in [0.1, 0.15) is 0 Å². The molecule has 2 nitrogen and oxygen atoms in total. The molecule has 0 heterocycles. The Hall–Kier alpha value is 0.570. The molecule has 1 N–H and O–H groups in total. The lowest BCUT2D eigenvalue weighted by molar-refractivity contribution is 0.297. The molecule has 0 saturated carbocycles. The minimum absolute atomic E-state index is 0.419. The first kappa shape index (κ1) is 12.6. The second kappa shape index (κ2) is 6.09. The lowest BCUT2D eigenvalue weighted by atomic mass is 10.3. The van der Waals surface area contributed by atoms with Crippen LogP contribution < -0.4 is 0 Å². The van der Waals surface area contributed by atoms with E-state index in [-0.39, 0.29) is 0 Å². The van der Waals surface area contributed by atoms with E-state index in [2.05, 4.69) is 6.92 Å². The maximum Gasteiger partial charge on any atom is 0.186 e. The fraction of sp³-hybridized carbons (Fsp3) is 1.00. The van der Waals surface area contributed by atoms with Crippen molar-refractivity contribution in [2.75, 3.05) is 12.8 Å². The second-order valence-electron chi connectivity index (χ2n) is 3.40. The number of hydrogen-bond acceptors (Lipinski definition) is 2. The summed E-state index contributed by atoms with van der Waals surface area (Å²) in [4.78, 5) is 9.62. The molecular formula is C8H19O2PS. The molecule has 0 aromatic carbocycles. The molecule has 1 unspecified atom stereocenters. The molecule has 1 atom stereocenters. The fourth-order valence-electron chi connectivity index (χ4n) is 0.866. The zero-order chi connectivity index (χ0) is 9.61. The molecule has 0 amide bonds. The van der Waals surface area contributed by atoms with Crippen LogP contribution in [0.1, 0.15) is 33.6 Å². The molecule has 4 heteroatoms. The van der Waals surface area contributed by atoms with Crippen molar-refractivity contribution in [2.45, 2.75) is 33.6 Å². The van der Waals surface area contributed by atoms with Gasteiger partial charge in [-0.05, 0) is 24.1 Å². The summed E-state index contributed by atoms with van der Waals surface area (Å²) in [5.41, 5.74) is 0. The topological polar surface area (TPSA) is 29.5 Å². The SMILES string of the molecule is CCCCOP(O)(=S)CC(C)C. The Labute approximate surface area is 80.5 Å². The van der Waals surface area contributed by atoms with Gasteiger partial charge in [-0.1, -0.05) is 27.2 Å². The van der Waals surface area contributed by atoms with Gasteiger partial charge in [-0.2, -0.15) is 0 Å². The first-order valence-electron chi connectivity index (χ1n) is 4.44. The average Bonchev–Trinajstić information content (AvgIpc) is 1.84. The van der Waals surface area contributed by atoms with E-state index in [1.165, 1.54) is 0 Å². The van der Waals surface area contributed by atoms with Crippen LogP contribution in [0.3, 0.4) is 0 Å². The molecule has 0 aromatic heterocycles. The fourth-order valence-corrected chi connectivity index (χ4v) is 3.43. The van der Waals surface area contributed by atoms with Crippen LogP contribution in [0.4, 0.5) is 0 Å². The van der Waals surface area contributed by atoms with Gasteiger partial charge >= 0.3 is 0 Å². The Bertz CT molecular complexity index is 159. The molecule has 0 rings (SSSR count). The van der Waals surface area contributed by atoms with Crippen LogP contribution in [0, 0.1) is 5.92 Å². The van der Waals surface area contributed by atoms with Gasteiger partial charge in [0.25, 0.3) is 0 Å². The predicted octanol–water partition coefficient (Wildman–Crippen LogP) is 2.76. The molecule has 0 aromatic rings. The summed E-state index contributed by atoms with van der Waals surface area (Å²) in [5.74, 6) is 0.419. The van der Waals surface area contributed by atoms with Crippen LogP contribution in [0.25, 0.3) is 0 Å². The maximum absolute atomic E-state index is 9.62. The molecular weight excluding hydrogens is 191 g/mol. The van der Waals surface area contributed by atoms with E-state index < -0.39 is 6.49 Å². The van der Waals surface area contributed by atoms with Gasteiger partial charge in [-0.3, -0.25) is 0 Å². The minimum atomic E-state index is -2.45. The van der Waals surface area contributed by atoms with Crippen molar-refractivity contribution in [3.63, 3.8) is 0 Å². The molecule has 0 aliphatic rings. The predicted molar refractivity (Wildman–Crippen MR) is 57.1 cm³/mol. The van der Waals surface area contributed by atoms with Gasteiger partial charge in [0.15, 0.2) is 6.49 Å². The van der Waals surface area contributed by atoms with E-state index in [4.69, 9.17) is 16.3 Å². The first-order chi connectivity index (χ1) is 5.48. The Morgan fingerprint density at radius 2 is 2.08 bits per heavy atom. The summed E-state index contributed by atoms with van der Waals surface area (Å²) in [6.45, 7) is 4.34. The third-order valence-electron chi connectivity index (χ3n) is 1.39. The zero-order valence-corrected chi connectivity index (χ0v) is 9.83. The van der Waals surface area contributed by atoms with E-state index in [1.54, 1.807) is 0 Å². The third-order valence-corrected chi connectivity index (χ3v) is 3.93. The second-order valence-corrected chi connectivity index (χ2v) is 7.01. The van der Waals surface area contributed by atoms with Crippen LogP contribution in [0.2, 0.25) is 0 Å². The summed E-state index contributed by atoms with van der Waals surface area (Å²) in [6.07, 6.45) is 2.69. The van der Waals surface area contributed by atoms with Gasteiger partial charge in [-0.25, -0.2) is 0 Å².